The smallest absolute Gasteiger partial charge is 0.344 e. The lowest BCUT2D eigenvalue weighted by Crippen LogP contribution is -2.17. The van der Waals surface area contributed by atoms with E-state index in [0.717, 1.165) is 23.1 Å². The van der Waals surface area contributed by atoms with Gasteiger partial charge in [-0.25, -0.2) is 10.2 Å². The lowest BCUT2D eigenvalue weighted by atomic mass is 10.2. The van der Waals surface area contributed by atoms with Crippen LogP contribution in [0, 0.1) is 24.0 Å². The molecule has 12 nitrogen and oxygen atoms in total. The first-order valence-corrected chi connectivity index (χ1v) is 13.1. The Morgan fingerprint density at radius 1 is 1.07 bits per heavy atom. The highest BCUT2D eigenvalue weighted by atomic mass is 35.5. The summed E-state index contributed by atoms with van der Waals surface area (Å²) in [5, 5.41) is 15.2. The topological polar surface area (TPSA) is 147 Å². The van der Waals surface area contributed by atoms with Gasteiger partial charge in [-0.2, -0.15) is 5.10 Å². The van der Waals surface area contributed by atoms with Crippen LogP contribution in [0.25, 0.3) is 5.69 Å². The number of rotatable bonds is 12. The van der Waals surface area contributed by atoms with E-state index >= 15 is 0 Å². The minimum Gasteiger partial charge on any atom is -0.486 e. The van der Waals surface area contributed by atoms with Gasteiger partial charge in [-0.3, -0.25) is 14.9 Å². The van der Waals surface area contributed by atoms with Gasteiger partial charge in [-0.05, 0) is 75.4 Å². The number of hydrogen-bond acceptors (Lipinski definition) is 9. The van der Waals surface area contributed by atoms with Crippen molar-refractivity contribution in [1.82, 2.24) is 9.99 Å². The summed E-state index contributed by atoms with van der Waals surface area (Å²) in [6, 6.07) is 17.3. The Labute approximate surface area is 245 Å². The number of hydrogen-bond donors (Lipinski definition) is 1. The first-order chi connectivity index (χ1) is 20.2. The molecule has 2 heterocycles. The molecule has 0 aliphatic carbocycles. The largest absolute Gasteiger partial charge is 0.486 e. The number of furan rings is 1. The third kappa shape index (κ3) is 7.34. The van der Waals surface area contributed by atoms with E-state index in [-0.39, 0.29) is 35.3 Å². The molecule has 0 saturated heterocycles. The monoisotopic (exact) mass is 594 g/mol. The molecule has 1 N–H and O–H groups in total. The van der Waals surface area contributed by atoms with E-state index in [1.54, 1.807) is 13.0 Å². The zero-order chi connectivity index (χ0) is 30.2. The Kier molecular flexibility index (Phi) is 9.61. The molecule has 0 atom stereocenters. The van der Waals surface area contributed by atoms with Crippen molar-refractivity contribution in [2.75, 3.05) is 13.2 Å². The van der Waals surface area contributed by atoms with Crippen molar-refractivity contribution in [3.63, 3.8) is 0 Å². The fourth-order valence-corrected chi connectivity index (χ4v) is 4.28. The molecule has 42 heavy (non-hydrogen) atoms. The summed E-state index contributed by atoms with van der Waals surface area (Å²) in [5.74, 6) is -0.579. The van der Waals surface area contributed by atoms with Crippen LogP contribution in [-0.4, -0.2) is 40.8 Å². The Morgan fingerprint density at radius 2 is 1.79 bits per heavy atom. The summed E-state index contributed by atoms with van der Waals surface area (Å²) < 4.78 is 23.4. The summed E-state index contributed by atoms with van der Waals surface area (Å²) >= 11 is 6.14. The van der Waals surface area contributed by atoms with E-state index in [1.807, 2.05) is 38.1 Å². The van der Waals surface area contributed by atoms with Crippen molar-refractivity contribution in [3.05, 3.63) is 104 Å². The molecule has 0 aliphatic heterocycles. The number of nitrogens with one attached hydrogen (secondary N) is 1. The molecule has 0 aliphatic rings. The Bertz CT molecular complexity index is 1610. The molecule has 4 rings (SSSR count). The quantitative estimate of drug-likeness (QED) is 0.0974. The van der Waals surface area contributed by atoms with Crippen molar-refractivity contribution in [3.8, 4) is 17.2 Å². The molecule has 2 aromatic heterocycles. The van der Waals surface area contributed by atoms with Crippen LogP contribution < -0.4 is 14.9 Å². The molecule has 218 valence electrons. The van der Waals surface area contributed by atoms with Gasteiger partial charge in [-0.1, -0.05) is 11.6 Å². The first-order valence-electron chi connectivity index (χ1n) is 12.7. The summed E-state index contributed by atoms with van der Waals surface area (Å²) in [5.41, 5.74) is 5.29. The predicted octanol–water partition coefficient (Wildman–Crippen LogP) is 5.53. The average Bonchev–Trinajstić information content (AvgIpc) is 3.57. The summed E-state index contributed by atoms with van der Waals surface area (Å²) in [6.45, 7) is 5.39. The predicted molar refractivity (Wildman–Crippen MR) is 154 cm³/mol. The molecule has 0 fully saturated rings. The number of nitrogens with zero attached hydrogens (tertiary/aromatic N) is 3. The van der Waals surface area contributed by atoms with Crippen LogP contribution in [0.1, 0.15) is 40.2 Å². The Balaban J connectivity index is 1.33. The number of amides is 1. The fraction of sp³-hybridized carbons (Fsp3) is 0.207. The van der Waals surface area contributed by atoms with Crippen molar-refractivity contribution in [2.45, 2.75) is 27.4 Å². The highest BCUT2D eigenvalue weighted by Gasteiger charge is 2.22. The minimum atomic E-state index is -0.715. The van der Waals surface area contributed by atoms with E-state index < -0.39 is 29.1 Å². The third-order valence-corrected chi connectivity index (χ3v) is 6.18. The van der Waals surface area contributed by atoms with Crippen molar-refractivity contribution < 1.29 is 33.1 Å². The molecule has 4 aromatic rings. The number of nitro benzene ring substituents is 1. The van der Waals surface area contributed by atoms with Gasteiger partial charge in [-0.15, -0.1) is 0 Å². The first kappa shape index (κ1) is 29.9. The van der Waals surface area contributed by atoms with Gasteiger partial charge in [0.1, 0.15) is 18.1 Å². The molecule has 0 saturated carbocycles. The van der Waals surface area contributed by atoms with Gasteiger partial charge < -0.3 is 23.2 Å². The van der Waals surface area contributed by atoms with E-state index in [0.29, 0.717) is 11.5 Å². The molecular weight excluding hydrogens is 568 g/mol. The lowest BCUT2D eigenvalue weighted by molar-refractivity contribution is -0.385. The van der Waals surface area contributed by atoms with E-state index in [4.69, 9.17) is 30.2 Å². The van der Waals surface area contributed by atoms with E-state index in [1.165, 1.54) is 18.3 Å². The number of nitro groups is 1. The van der Waals surface area contributed by atoms with Crippen LogP contribution in [0.4, 0.5) is 5.69 Å². The number of esters is 1. The normalized spacial score (nSPS) is 11.0. The number of aromatic nitrogens is 1. The maximum absolute atomic E-state index is 12.5. The van der Waals surface area contributed by atoms with Crippen molar-refractivity contribution in [2.24, 2.45) is 5.10 Å². The molecule has 1 amide bonds. The number of halogens is 1. The maximum atomic E-state index is 12.5. The number of carbonyl (C=O) groups excluding carboxylic acids is 2. The molecular formula is C29H27ClN4O8. The average molecular weight is 595 g/mol. The standard InChI is InChI=1S/C29H27ClN4O8/c1-4-39-27(35)17-41-28-24(30)13-20(14-25(28)34(37)38)15-31-32-29(36)26-12-11-23(42-26)16-40-22-9-7-21(8-10-22)33-18(2)5-6-19(33)3/h5-15H,4,16-17H2,1-3H3,(H,32,36)/b31-15+. The van der Waals surface area contributed by atoms with Gasteiger partial charge >= 0.3 is 17.6 Å². The highest BCUT2D eigenvalue weighted by Crippen LogP contribution is 2.36. The second kappa shape index (κ2) is 13.5. The van der Waals surface area contributed by atoms with Crippen LogP contribution >= 0.6 is 11.6 Å². The number of carbonyl (C=O) groups is 2. The van der Waals surface area contributed by atoms with E-state index in [2.05, 4.69) is 27.2 Å². The number of ether oxygens (including phenoxy) is 3. The highest BCUT2D eigenvalue weighted by molar-refractivity contribution is 6.32. The molecule has 0 spiro atoms. The van der Waals surface area contributed by atoms with Crippen LogP contribution in [0.15, 0.2) is 70.2 Å². The lowest BCUT2D eigenvalue weighted by Gasteiger charge is -2.10. The van der Waals surface area contributed by atoms with Crippen molar-refractivity contribution >= 4 is 35.4 Å². The second-order valence-corrected chi connectivity index (χ2v) is 9.31. The fourth-order valence-electron chi connectivity index (χ4n) is 4.01. The summed E-state index contributed by atoms with van der Waals surface area (Å²) in [7, 11) is 0. The van der Waals surface area contributed by atoms with Crippen LogP contribution in [0.5, 0.6) is 11.5 Å². The van der Waals surface area contributed by atoms with Crippen LogP contribution in [0.2, 0.25) is 5.02 Å². The summed E-state index contributed by atoms with van der Waals surface area (Å²) in [6.07, 6.45) is 1.17. The van der Waals surface area contributed by atoms with Gasteiger partial charge in [0, 0.05) is 28.7 Å². The molecule has 0 radical (unpaired) electrons. The van der Waals surface area contributed by atoms with Crippen LogP contribution in [0.3, 0.4) is 0 Å². The van der Waals surface area contributed by atoms with Gasteiger partial charge in [0.15, 0.2) is 12.4 Å². The Hall–Kier alpha value is -5.10. The zero-order valence-corrected chi connectivity index (χ0v) is 23.7. The molecule has 0 bridgehead atoms. The SMILES string of the molecule is CCOC(=O)COc1c(Cl)cc(/C=N/NC(=O)c2ccc(COc3ccc(-n4c(C)ccc4C)cc3)o2)cc1[N+](=O)[O-]. The van der Waals surface area contributed by atoms with E-state index in [9.17, 15) is 19.7 Å². The minimum absolute atomic E-state index is 0.00798. The van der Waals surface area contributed by atoms with Gasteiger partial charge in [0.25, 0.3) is 0 Å². The molecule has 13 heteroatoms. The van der Waals surface area contributed by atoms with Gasteiger partial charge in [0.2, 0.25) is 5.75 Å². The zero-order valence-electron chi connectivity index (χ0n) is 23.0. The van der Waals surface area contributed by atoms with Crippen molar-refractivity contribution in [1.29, 1.82) is 0 Å². The molecule has 2 aromatic carbocycles. The number of hydrazone groups is 1. The Morgan fingerprint density at radius 3 is 2.45 bits per heavy atom. The van der Waals surface area contributed by atoms with Gasteiger partial charge in [0.05, 0.1) is 22.8 Å². The van der Waals surface area contributed by atoms with Crippen LogP contribution in [-0.2, 0) is 16.1 Å². The summed E-state index contributed by atoms with van der Waals surface area (Å²) in [4.78, 5) is 34.8. The second-order valence-electron chi connectivity index (χ2n) is 8.90. The number of aryl methyl sites for hydroxylation is 2. The third-order valence-electron chi connectivity index (χ3n) is 5.90. The maximum Gasteiger partial charge on any atom is 0.344 e. The number of benzene rings is 2. The molecule has 0 unspecified atom stereocenters.